The summed E-state index contributed by atoms with van der Waals surface area (Å²) in [5.74, 6) is 0.114. The Labute approximate surface area is 116 Å². The Kier molecular flexibility index (Phi) is 5.99. The van der Waals surface area contributed by atoms with Crippen LogP contribution in [0.2, 0.25) is 0 Å². The van der Waals surface area contributed by atoms with Gasteiger partial charge in [0.05, 0.1) is 5.54 Å². The van der Waals surface area contributed by atoms with Gasteiger partial charge in [-0.15, -0.1) is 0 Å². The third-order valence-corrected chi connectivity index (χ3v) is 5.37. The van der Waals surface area contributed by atoms with E-state index >= 15 is 0 Å². The summed E-state index contributed by atoms with van der Waals surface area (Å²) in [4.78, 5) is 12.2. The fourth-order valence-corrected chi connectivity index (χ4v) is 3.55. The first kappa shape index (κ1) is 15.8. The topological polar surface area (TPSA) is 41.1 Å². The normalized spacial score (nSPS) is 19.6. The summed E-state index contributed by atoms with van der Waals surface area (Å²) >= 11 is 1.92. The van der Waals surface area contributed by atoms with Crippen molar-refractivity contribution in [2.24, 2.45) is 0 Å². The highest BCUT2D eigenvalue weighted by Crippen LogP contribution is 2.37. The van der Waals surface area contributed by atoms with E-state index in [2.05, 4.69) is 16.9 Å². The molecule has 106 valence electrons. The number of nitrogens with one attached hydrogen (secondary N) is 2. The van der Waals surface area contributed by atoms with E-state index in [4.69, 9.17) is 0 Å². The van der Waals surface area contributed by atoms with E-state index in [1.165, 1.54) is 32.1 Å². The second-order valence-electron chi connectivity index (χ2n) is 5.79. The molecule has 2 N–H and O–H groups in total. The van der Waals surface area contributed by atoms with Crippen LogP contribution in [0.25, 0.3) is 0 Å². The average molecular weight is 272 g/mol. The summed E-state index contributed by atoms with van der Waals surface area (Å²) in [6, 6.07) is 0. The molecule has 4 heteroatoms. The standard InChI is InChI=1S/C14H28N2OS/c1-5-16-13(2,3)12(17)15-11-14(18-4)9-7-6-8-10-14/h16H,5-11H2,1-4H3,(H,15,17). The number of likely N-dealkylation sites (N-methyl/N-ethyl adjacent to an activating group) is 1. The van der Waals surface area contributed by atoms with Gasteiger partial charge in [-0.25, -0.2) is 0 Å². The Morgan fingerprint density at radius 1 is 1.28 bits per heavy atom. The van der Waals surface area contributed by atoms with Gasteiger partial charge in [0.25, 0.3) is 0 Å². The third kappa shape index (κ3) is 4.16. The molecule has 1 aliphatic rings. The number of carbonyl (C=O) groups is 1. The molecule has 0 aromatic carbocycles. The van der Waals surface area contributed by atoms with Gasteiger partial charge in [-0.1, -0.05) is 26.2 Å². The Hall–Kier alpha value is -0.220. The van der Waals surface area contributed by atoms with Crippen molar-refractivity contribution in [3.8, 4) is 0 Å². The molecular weight excluding hydrogens is 244 g/mol. The van der Waals surface area contributed by atoms with Crippen LogP contribution in [0.5, 0.6) is 0 Å². The van der Waals surface area contributed by atoms with Gasteiger partial charge in [0, 0.05) is 11.3 Å². The second kappa shape index (κ2) is 6.80. The van der Waals surface area contributed by atoms with Crippen LogP contribution < -0.4 is 10.6 Å². The molecule has 1 amide bonds. The fourth-order valence-electron chi connectivity index (χ4n) is 2.63. The Morgan fingerprint density at radius 3 is 2.39 bits per heavy atom. The number of thioether (sulfide) groups is 1. The minimum absolute atomic E-state index is 0.114. The van der Waals surface area contributed by atoms with Gasteiger partial charge >= 0.3 is 0 Å². The Balaban J connectivity index is 2.49. The lowest BCUT2D eigenvalue weighted by Gasteiger charge is -2.37. The van der Waals surface area contributed by atoms with E-state index in [-0.39, 0.29) is 10.7 Å². The first-order valence-corrected chi connectivity index (χ1v) is 8.27. The van der Waals surface area contributed by atoms with Crippen molar-refractivity contribution in [1.82, 2.24) is 10.6 Å². The van der Waals surface area contributed by atoms with Gasteiger partial charge in [0.1, 0.15) is 0 Å². The molecule has 1 rings (SSSR count). The molecule has 0 unspecified atom stereocenters. The van der Waals surface area contributed by atoms with E-state index in [0.29, 0.717) is 0 Å². The molecule has 0 heterocycles. The molecule has 0 spiro atoms. The predicted molar refractivity (Wildman–Crippen MR) is 80.1 cm³/mol. The Morgan fingerprint density at radius 2 is 1.89 bits per heavy atom. The Bertz CT molecular complexity index is 273. The monoisotopic (exact) mass is 272 g/mol. The molecule has 1 fully saturated rings. The lowest BCUT2D eigenvalue weighted by atomic mass is 9.88. The van der Waals surface area contributed by atoms with Crippen molar-refractivity contribution in [2.45, 2.75) is 63.2 Å². The lowest BCUT2D eigenvalue weighted by Crippen LogP contribution is -2.55. The van der Waals surface area contributed by atoms with Gasteiger partial charge in [-0.2, -0.15) is 11.8 Å². The first-order chi connectivity index (χ1) is 8.46. The highest BCUT2D eigenvalue weighted by molar-refractivity contribution is 8.00. The molecule has 0 radical (unpaired) electrons. The van der Waals surface area contributed by atoms with Gasteiger partial charge < -0.3 is 10.6 Å². The quantitative estimate of drug-likeness (QED) is 0.781. The summed E-state index contributed by atoms with van der Waals surface area (Å²) in [6.07, 6.45) is 8.58. The van der Waals surface area contributed by atoms with E-state index < -0.39 is 5.54 Å². The van der Waals surface area contributed by atoms with Crippen molar-refractivity contribution in [3.05, 3.63) is 0 Å². The zero-order chi connectivity index (χ0) is 13.6. The highest BCUT2D eigenvalue weighted by Gasteiger charge is 2.33. The molecule has 1 saturated carbocycles. The van der Waals surface area contributed by atoms with Crippen LogP contribution in [-0.4, -0.2) is 35.5 Å². The van der Waals surface area contributed by atoms with Crippen LogP contribution in [0.1, 0.15) is 52.9 Å². The second-order valence-corrected chi connectivity index (χ2v) is 7.06. The molecule has 0 saturated heterocycles. The average Bonchev–Trinajstić information content (AvgIpc) is 2.37. The van der Waals surface area contributed by atoms with Gasteiger partial charge in [-0.3, -0.25) is 4.79 Å². The number of amides is 1. The number of rotatable bonds is 6. The van der Waals surface area contributed by atoms with E-state index in [9.17, 15) is 4.79 Å². The zero-order valence-electron chi connectivity index (χ0n) is 12.3. The summed E-state index contributed by atoms with van der Waals surface area (Å²) in [6.45, 7) is 7.53. The molecule has 0 bridgehead atoms. The smallest absolute Gasteiger partial charge is 0.239 e. The maximum absolute atomic E-state index is 12.2. The van der Waals surface area contributed by atoms with Gasteiger partial charge in [0.15, 0.2) is 0 Å². The van der Waals surface area contributed by atoms with Crippen molar-refractivity contribution in [3.63, 3.8) is 0 Å². The van der Waals surface area contributed by atoms with Crippen molar-refractivity contribution >= 4 is 17.7 Å². The van der Waals surface area contributed by atoms with Crippen molar-refractivity contribution in [2.75, 3.05) is 19.3 Å². The van der Waals surface area contributed by atoms with E-state index in [0.717, 1.165) is 13.1 Å². The maximum atomic E-state index is 12.2. The molecular formula is C14H28N2OS. The van der Waals surface area contributed by atoms with Crippen molar-refractivity contribution < 1.29 is 4.79 Å². The van der Waals surface area contributed by atoms with Crippen LogP contribution in [0.15, 0.2) is 0 Å². The predicted octanol–water partition coefficient (Wildman–Crippen LogP) is 2.56. The third-order valence-electron chi connectivity index (χ3n) is 3.96. The minimum atomic E-state index is -0.469. The highest BCUT2D eigenvalue weighted by atomic mass is 32.2. The fraction of sp³-hybridized carbons (Fsp3) is 0.929. The van der Waals surface area contributed by atoms with Crippen LogP contribution in [0, 0.1) is 0 Å². The zero-order valence-corrected chi connectivity index (χ0v) is 13.1. The molecule has 0 atom stereocenters. The molecule has 18 heavy (non-hydrogen) atoms. The molecule has 0 aromatic rings. The number of hydrogen-bond donors (Lipinski definition) is 2. The molecule has 0 aromatic heterocycles. The minimum Gasteiger partial charge on any atom is -0.353 e. The van der Waals surface area contributed by atoms with E-state index in [1.807, 2.05) is 32.5 Å². The van der Waals surface area contributed by atoms with Gasteiger partial charge in [-0.05, 0) is 39.5 Å². The molecule has 0 aliphatic heterocycles. The first-order valence-electron chi connectivity index (χ1n) is 7.04. The SMILES string of the molecule is CCNC(C)(C)C(=O)NCC1(SC)CCCCC1. The summed E-state index contributed by atoms with van der Waals surface area (Å²) in [7, 11) is 0. The summed E-state index contributed by atoms with van der Waals surface area (Å²) in [5, 5.41) is 6.37. The van der Waals surface area contributed by atoms with Crippen LogP contribution in [0.3, 0.4) is 0 Å². The summed E-state index contributed by atoms with van der Waals surface area (Å²) < 4.78 is 0.274. The summed E-state index contributed by atoms with van der Waals surface area (Å²) in [5.41, 5.74) is -0.469. The lowest BCUT2D eigenvalue weighted by molar-refractivity contribution is -0.126. The molecule has 3 nitrogen and oxygen atoms in total. The maximum Gasteiger partial charge on any atom is 0.239 e. The van der Waals surface area contributed by atoms with Crippen LogP contribution in [0.4, 0.5) is 0 Å². The largest absolute Gasteiger partial charge is 0.353 e. The number of hydrogen-bond acceptors (Lipinski definition) is 3. The van der Waals surface area contributed by atoms with E-state index in [1.54, 1.807) is 0 Å². The van der Waals surface area contributed by atoms with Crippen molar-refractivity contribution in [1.29, 1.82) is 0 Å². The van der Waals surface area contributed by atoms with Crippen LogP contribution >= 0.6 is 11.8 Å². The van der Waals surface area contributed by atoms with Gasteiger partial charge in [0.2, 0.25) is 5.91 Å². The number of carbonyl (C=O) groups excluding carboxylic acids is 1. The molecule has 1 aliphatic carbocycles. The van der Waals surface area contributed by atoms with Crippen LogP contribution in [-0.2, 0) is 4.79 Å².